The second kappa shape index (κ2) is 6.31. The number of benzene rings is 1. The topological polar surface area (TPSA) is 46.9 Å². The summed E-state index contributed by atoms with van der Waals surface area (Å²) in [7, 11) is 0. The van der Waals surface area contributed by atoms with Crippen molar-refractivity contribution in [2.45, 2.75) is 52.5 Å². The molecule has 0 atom stereocenters. The maximum atomic E-state index is 13.5. The van der Waals surface area contributed by atoms with E-state index >= 15 is 0 Å². The number of nitrogens with zero attached hydrogens (tertiary/aromatic N) is 2. The van der Waals surface area contributed by atoms with Crippen molar-refractivity contribution in [3.05, 3.63) is 45.8 Å². The van der Waals surface area contributed by atoms with Gasteiger partial charge in [0.25, 0.3) is 5.91 Å². The lowest BCUT2D eigenvalue weighted by atomic mass is 9.92. The van der Waals surface area contributed by atoms with Gasteiger partial charge in [-0.3, -0.25) is 4.79 Å². The predicted octanol–water partition coefficient (Wildman–Crippen LogP) is 5.09. The largest absolute Gasteiger partial charge is 0.307 e. The lowest BCUT2D eigenvalue weighted by molar-refractivity contribution is 0.102. The lowest BCUT2D eigenvalue weighted by Gasteiger charge is -2.23. The molecule has 1 aromatic carbocycles. The van der Waals surface area contributed by atoms with Crippen molar-refractivity contribution in [1.29, 1.82) is 0 Å². The van der Waals surface area contributed by atoms with Crippen molar-refractivity contribution in [1.82, 2.24) is 9.78 Å². The summed E-state index contributed by atoms with van der Waals surface area (Å²) in [6.45, 7) is 12.2. The Morgan fingerprint density at radius 3 is 2.33 bits per heavy atom. The van der Waals surface area contributed by atoms with Gasteiger partial charge in [-0.05, 0) is 54.9 Å². The molecule has 0 fully saturated rings. The molecule has 0 bridgehead atoms. The van der Waals surface area contributed by atoms with Crippen molar-refractivity contribution in [3.63, 3.8) is 0 Å². The molecular weight excluding hydrogens is 373 g/mol. The number of hydrogen-bond acceptors (Lipinski definition) is 2. The lowest BCUT2D eigenvalue weighted by Crippen LogP contribution is -2.27. The second-order valence-corrected chi connectivity index (χ2v) is 8.68. The molecule has 4 nitrogen and oxygen atoms in total. The first-order valence-corrected chi connectivity index (χ1v) is 8.56. The molecule has 1 N–H and O–H groups in total. The van der Waals surface area contributed by atoms with E-state index in [9.17, 15) is 9.18 Å². The summed E-state index contributed by atoms with van der Waals surface area (Å²) >= 11 is 3.29. The van der Waals surface area contributed by atoms with Crippen LogP contribution in [0.4, 0.5) is 10.2 Å². The van der Waals surface area contributed by atoms with Crippen LogP contribution in [0.15, 0.2) is 28.7 Å². The maximum absolute atomic E-state index is 13.5. The molecule has 1 amide bonds. The van der Waals surface area contributed by atoms with E-state index in [0.717, 1.165) is 5.69 Å². The van der Waals surface area contributed by atoms with Crippen LogP contribution in [0.2, 0.25) is 0 Å². The highest BCUT2D eigenvalue weighted by Gasteiger charge is 2.26. The molecule has 2 rings (SSSR count). The van der Waals surface area contributed by atoms with Crippen LogP contribution in [0.1, 0.15) is 57.6 Å². The fourth-order valence-corrected chi connectivity index (χ4v) is 2.63. The molecule has 0 radical (unpaired) electrons. The summed E-state index contributed by atoms with van der Waals surface area (Å²) in [6.07, 6.45) is 0. The molecule has 0 aliphatic carbocycles. The number of carbonyl (C=O) groups excluding carboxylic acids is 1. The van der Waals surface area contributed by atoms with Crippen LogP contribution >= 0.6 is 15.9 Å². The number of hydrogen-bond donors (Lipinski definition) is 1. The standard InChI is InChI=1S/C18H23BrFN3O/c1-17(2,3)14-10-15(23(22-14)18(4,5)6)21-16(24)12-9-11(20)7-8-13(12)19/h7-10H,1-6H3,(H,21,24). The van der Waals surface area contributed by atoms with Gasteiger partial charge in [-0.25, -0.2) is 9.07 Å². The van der Waals surface area contributed by atoms with Crippen LogP contribution in [0, 0.1) is 5.82 Å². The van der Waals surface area contributed by atoms with Gasteiger partial charge < -0.3 is 5.32 Å². The number of rotatable bonds is 2. The zero-order chi connectivity index (χ0) is 18.3. The van der Waals surface area contributed by atoms with E-state index in [0.29, 0.717) is 10.3 Å². The monoisotopic (exact) mass is 395 g/mol. The number of anilines is 1. The van der Waals surface area contributed by atoms with Gasteiger partial charge in [0.05, 0.1) is 16.8 Å². The van der Waals surface area contributed by atoms with Gasteiger partial charge in [0.15, 0.2) is 0 Å². The number of amides is 1. The highest BCUT2D eigenvalue weighted by atomic mass is 79.9. The molecule has 0 unspecified atom stereocenters. The van der Waals surface area contributed by atoms with Gasteiger partial charge in [-0.1, -0.05) is 20.8 Å². The Morgan fingerprint density at radius 1 is 1.17 bits per heavy atom. The van der Waals surface area contributed by atoms with Crippen LogP contribution in [-0.2, 0) is 11.0 Å². The van der Waals surface area contributed by atoms with Gasteiger partial charge in [0.1, 0.15) is 11.6 Å². The molecule has 1 heterocycles. The molecule has 0 saturated carbocycles. The van der Waals surface area contributed by atoms with E-state index in [-0.39, 0.29) is 22.4 Å². The zero-order valence-corrected chi connectivity index (χ0v) is 16.5. The van der Waals surface area contributed by atoms with Crippen LogP contribution in [0.3, 0.4) is 0 Å². The third-order valence-electron chi connectivity index (χ3n) is 3.53. The Bertz CT molecular complexity index is 770. The summed E-state index contributed by atoms with van der Waals surface area (Å²) in [4.78, 5) is 12.6. The first-order chi connectivity index (χ1) is 10.9. The quantitative estimate of drug-likeness (QED) is 0.769. The van der Waals surface area contributed by atoms with Crippen LogP contribution < -0.4 is 5.32 Å². The van der Waals surface area contributed by atoms with Gasteiger partial charge in [-0.15, -0.1) is 0 Å². The number of aromatic nitrogens is 2. The van der Waals surface area contributed by atoms with Gasteiger partial charge in [-0.2, -0.15) is 5.10 Å². The first-order valence-electron chi connectivity index (χ1n) is 7.77. The average Bonchev–Trinajstić information content (AvgIpc) is 2.85. The minimum Gasteiger partial charge on any atom is -0.307 e. The van der Waals surface area contributed by atoms with Crippen LogP contribution in [-0.4, -0.2) is 15.7 Å². The Morgan fingerprint density at radius 2 is 1.79 bits per heavy atom. The smallest absolute Gasteiger partial charge is 0.258 e. The average molecular weight is 396 g/mol. The molecule has 0 saturated heterocycles. The van der Waals surface area contributed by atoms with E-state index in [2.05, 4.69) is 47.1 Å². The van der Waals surface area contributed by atoms with Crippen molar-refractivity contribution >= 4 is 27.7 Å². The van der Waals surface area contributed by atoms with Crippen LogP contribution in [0.5, 0.6) is 0 Å². The summed E-state index contributed by atoms with van der Waals surface area (Å²) in [5, 5.41) is 7.51. The molecule has 1 aromatic heterocycles. The predicted molar refractivity (Wildman–Crippen MR) is 98.0 cm³/mol. The third-order valence-corrected chi connectivity index (χ3v) is 4.22. The van der Waals surface area contributed by atoms with Crippen molar-refractivity contribution < 1.29 is 9.18 Å². The Balaban J connectivity index is 2.43. The van der Waals surface area contributed by atoms with E-state index in [4.69, 9.17) is 0 Å². The molecule has 130 valence electrons. The molecular formula is C18H23BrFN3O. The minimum absolute atomic E-state index is 0.143. The van der Waals surface area contributed by atoms with Crippen molar-refractivity contribution in [2.75, 3.05) is 5.32 Å². The third kappa shape index (κ3) is 4.04. The Labute approximate surface area is 150 Å². The number of halogens is 2. The highest BCUT2D eigenvalue weighted by Crippen LogP contribution is 2.29. The molecule has 0 aliphatic heterocycles. The minimum atomic E-state index is -0.456. The summed E-state index contributed by atoms with van der Waals surface area (Å²) < 4.78 is 15.8. The zero-order valence-electron chi connectivity index (χ0n) is 14.9. The van der Waals surface area contributed by atoms with Crippen molar-refractivity contribution in [3.8, 4) is 0 Å². The van der Waals surface area contributed by atoms with Gasteiger partial charge in [0.2, 0.25) is 0 Å². The Kier molecular flexibility index (Phi) is 4.91. The molecule has 2 aromatic rings. The SMILES string of the molecule is CC(C)(C)c1cc(NC(=O)c2cc(F)ccc2Br)n(C(C)(C)C)n1. The molecule has 24 heavy (non-hydrogen) atoms. The Hall–Kier alpha value is -1.69. The number of carbonyl (C=O) groups is 1. The summed E-state index contributed by atoms with van der Waals surface area (Å²) in [5.41, 5.74) is 0.681. The van der Waals surface area contributed by atoms with Gasteiger partial charge in [0, 0.05) is 16.0 Å². The second-order valence-electron chi connectivity index (χ2n) is 7.83. The summed E-state index contributed by atoms with van der Waals surface area (Å²) in [6, 6.07) is 5.90. The van der Waals surface area contributed by atoms with E-state index in [1.165, 1.54) is 18.2 Å². The van der Waals surface area contributed by atoms with Crippen LogP contribution in [0.25, 0.3) is 0 Å². The molecule has 6 heteroatoms. The number of nitrogens with one attached hydrogen (secondary N) is 1. The first kappa shape index (κ1) is 18.6. The van der Waals surface area contributed by atoms with E-state index in [1.54, 1.807) is 4.68 Å². The van der Waals surface area contributed by atoms with E-state index in [1.807, 2.05) is 26.8 Å². The normalized spacial score (nSPS) is 12.3. The van der Waals surface area contributed by atoms with Crippen molar-refractivity contribution in [2.24, 2.45) is 0 Å². The molecule has 0 spiro atoms. The molecule has 0 aliphatic rings. The fraction of sp³-hybridized carbons (Fsp3) is 0.444. The highest BCUT2D eigenvalue weighted by molar-refractivity contribution is 9.10. The maximum Gasteiger partial charge on any atom is 0.258 e. The van der Waals surface area contributed by atoms with E-state index < -0.39 is 5.82 Å². The fourth-order valence-electron chi connectivity index (χ4n) is 2.20. The van der Waals surface area contributed by atoms with Gasteiger partial charge >= 0.3 is 0 Å². The summed E-state index contributed by atoms with van der Waals surface area (Å²) in [5.74, 6) is -0.246.